The number of aromatic carboxylic acids is 1. The number of carboxylic acids is 1. The number of nitrogens with one attached hydrogen (secondary N) is 1. The summed E-state index contributed by atoms with van der Waals surface area (Å²) >= 11 is 1.32. The van der Waals surface area contributed by atoms with Crippen LogP contribution in [0.4, 0.5) is 5.82 Å². The molecule has 1 aliphatic rings. The molecular weight excluding hydrogens is 508 g/mol. The zero-order valence-corrected chi connectivity index (χ0v) is 21.8. The van der Waals surface area contributed by atoms with E-state index in [9.17, 15) is 19.8 Å². The molecule has 1 saturated heterocycles. The molecule has 0 amide bonds. The van der Waals surface area contributed by atoms with Crippen molar-refractivity contribution in [1.29, 1.82) is 0 Å². The molecule has 0 aromatic carbocycles. The Kier molecular flexibility index (Phi) is 7.47. The lowest BCUT2D eigenvalue weighted by Gasteiger charge is -2.42. The smallest absolute Gasteiger partial charge is 0.341 e. The van der Waals surface area contributed by atoms with Gasteiger partial charge in [0.15, 0.2) is 10.8 Å². The molecule has 1 atom stereocenters. The number of anilines is 1. The van der Waals surface area contributed by atoms with Crippen LogP contribution in [0.1, 0.15) is 22.8 Å². The molecule has 1 fully saturated rings. The summed E-state index contributed by atoms with van der Waals surface area (Å²) in [5, 5.41) is 25.8. The Morgan fingerprint density at radius 1 is 1.34 bits per heavy atom. The van der Waals surface area contributed by atoms with Crippen LogP contribution in [0.25, 0.3) is 27.4 Å². The van der Waals surface area contributed by atoms with Gasteiger partial charge in [0.2, 0.25) is 5.43 Å². The number of pyridine rings is 3. The van der Waals surface area contributed by atoms with Crippen LogP contribution in [0.15, 0.2) is 47.0 Å². The molecule has 4 aromatic heterocycles. The van der Waals surface area contributed by atoms with Gasteiger partial charge in [0.1, 0.15) is 17.6 Å². The van der Waals surface area contributed by atoms with Gasteiger partial charge in [-0.3, -0.25) is 19.7 Å². The molecule has 0 spiro atoms. The van der Waals surface area contributed by atoms with Crippen LogP contribution in [0, 0.1) is 12.8 Å². The van der Waals surface area contributed by atoms with Gasteiger partial charge in [0, 0.05) is 61.7 Å². The fraction of sp³-hybridized carbons (Fsp3) is 0.346. The number of aliphatic hydroxyl groups excluding tert-OH is 1. The predicted molar refractivity (Wildman–Crippen MR) is 144 cm³/mol. The van der Waals surface area contributed by atoms with E-state index in [-0.39, 0.29) is 16.9 Å². The zero-order valence-electron chi connectivity index (χ0n) is 21.0. The van der Waals surface area contributed by atoms with E-state index in [4.69, 9.17) is 9.72 Å². The van der Waals surface area contributed by atoms with E-state index in [0.29, 0.717) is 60.7 Å². The van der Waals surface area contributed by atoms with E-state index >= 15 is 0 Å². The molecule has 198 valence electrons. The normalized spacial score (nSPS) is 14.6. The number of carboxylic acid groups (broad SMARTS) is 1. The second kappa shape index (κ2) is 11.0. The predicted octanol–water partition coefficient (Wildman–Crippen LogP) is 2.29. The summed E-state index contributed by atoms with van der Waals surface area (Å²) < 4.78 is 6.87. The number of thiazole rings is 1. The molecule has 5 rings (SSSR count). The second-order valence-corrected chi connectivity index (χ2v) is 9.90. The van der Waals surface area contributed by atoms with Crippen molar-refractivity contribution in [1.82, 2.24) is 24.8 Å². The molecule has 5 heterocycles. The van der Waals surface area contributed by atoms with Gasteiger partial charge in [-0.15, -0.1) is 11.3 Å². The van der Waals surface area contributed by atoms with Crippen molar-refractivity contribution >= 4 is 34.2 Å². The zero-order chi connectivity index (χ0) is 26.8. The van der Waals surface area contributed by atoms with Gasteiger partial charge < -0.3 is 19.8 Å². The highest BCUT2D eigenvalue weighted by Crippen LogP contribution is 2.30. The molecule has 38 heavy (non-hydrogen) atoms. The Morgan fingerprint density at radius 3 is 2.87 bits per heavy atom. The lowest BCUT2D eigenvalue weighted by atomic mass is 9.97. The van der Waals surface area contributed by atoms with E-state index in [1.807, 2.05) is 29.3 Å². The number of nitrogens with zero attached hydrogens (tertiary/aromatic N) is 5. The van der Waals surface area contributed by atoms with Gasteiger partial charge in [-0.1, -0.05) is 0 Å². The van der Waals surface area contributed by atoms with E-state index < -0.39 is 17.6 Å². The monoisotopic (exact) mass is 536 g/mol. The van der Waals surface area contributed by atoms with E-state index in [2.05, 4.69) is 15.3 Å². The number of aliphatic hydroxyl groups is 1. The topological polar surface area (TPSA) is 143 Å². The number of aromatic nitrogens is 4. The highest BCUT2D eigenvalue weighted by molar-refractivity contribution is 7.12. The summed E-state index contributed by atoms with van der Waals surface area (Å²) in [5.74, 6) is -0.644. The number of hydrogen-bond donors (Lipinski definition) is 3. The number of carbonyl (C=O) groups is 1. The van der Waals surface area contributed by atoms with Gasteiger partial charge in [-0.25, -0.2) is 14.8 Å². The number of aryl methyl sites for hydroxylation is 1. The molecule has 3 N–H and O–H groups in total. The first-order valence-corrected chi connectivity index (χ1v) is 13.2. The van der Waals surface area contributed by atoms with Crippen molar-refractivity contribution in [2.75, 3.05) is 37.7 Å². The lowest BCUT2D eigenvalue weighted by molar-refractivity contribution is 0.0487. The highest BCUT2D eigenvalue weighted by atomic mass is 32.1. The van der Waals surface area contributed by atoms with Crippen LogP contribution in [-0.4, -0.2) is 74.8 Å². The third-order valence-electron chi connectivity index (χ3n) is 6.51. The van der Waals surface area contributed by atoms with Crippen molar-refractivity contribution in [3.63, 3.8) is 0 Å². The van der Waals surface area contributed by atoms with E-state index in [1.54, 1.807) is 30.0 Å². The average molecular weight is 537 g/mol. The van der Waals surface area contributed by atoms with Gasteiger partial charge in [0.25, 0.3) is 0 Å². The third-order valence-corrected chi connectivity index (χ3v) is 7.35. The summed E-state index contributed by atoms with van der Waals surface area (Å²) in [4.78, 5) is 40.7. The Hall–Kier alpha value is -3.71. The van der Waals surface area contributed by atoms with Crippen LogP contribution in [0.5, 0.6) is 0 Å². The minimum absolute atomic E-state index is 0.0204. The standard InChI is InChI=1S/C26H28N6O5S/c1-3-37-8-7-28-24(34)17-11-31(12-17)20-9-15(2)21-22(33)18(25(35)36)13-32(23(21)30-20)26-29-19(14-38-26)16-5-4-6-27-10-16/h4-6,9-10,13-14,17,24,28,34H,3,7-8,11-12H2,1-2H3,(H,35,36). The Bertz CT molecular complexity index is 1520. The van der Waals surface area contributed by atoms with Gasteiger partial charge in [0.05, 0.1) is 17.7 Å². The molecule has 11 nitrogen and oxygen atoms in total. The van der Waals surface area contributed by atoms with Gasteiger partial charge in [-0.05, 0) is 37.6 Å². The van der Waals surface area contributed by atoms with Crippen LogP contribution < -0.4 is 15.6 Å². The summed E-state index contributed by atoms with van der Waals surface area (Å²) in [7, 11) is 0. The molecule has 0 aliphatic carbocycles. The molecule has 12 heteroatoms. The third kappa shape index (κ3) is 5.03. The summed E-state index contributed by atoms with van der Waals surface area (Å²) in [6.45, 7) is 6.59. The molecular formula is C26H28N6O5S. The summed E-state index contributed by atoms with van der Waals surface area (Å²) in [5.41, 5.74) is 1.53. The fourth-order valence-electron chi connectivity index (χ4n) is 4.45. The SMILES string of the molecule is CCOCCNC(O)C1CN(c2cc(C)c3c(=O)c(C(=O)O)cn(-c4nc(-c5cccnc5)cs4)c3n2)C1. The first kappa shape index (κ1) is 25.9. The van der Waals surface area contributed by atoms with Gasteiger partial charge in [-0.2, -0.15) is 0 Å². The van der Waals surface area contributed by atoms with Crippen molar-refractivity contribution in [3.05, 3.63) is 63.5 Å². The molecule has 0 saturated carbocycles. The second-order valence-electron chi connectivity index (χ2n) is 9.06. The number of hydrogen-bond acceptors (Lipinski definition) is 10. The fourth-order valence-corrected chi connectivity index (χ4v) is 5.26. The summed E-state index contributed by atoms with van der Waals surface area (Å²) in [6.07, 6.45) is 4.01. The molecule has 4 aromatic rings. The molecule has 1 aliphatic heterocycles. The number of rotatable bonds is 10. The van der Waals surface area contributed by atoms with Crippen LogP contribution >= 0.6 is 11.3 Å². The quantitative estimate of drug-likeness (QED) is 0.204. The van der Waals surface area contributed by atoms with Gasteiger partial charge >= 0.3 is 5.97 Å². The van der Waals surface area contributed by atoms with Crippen molar-refractivity contribution in [2.45, 2.75) is 20.1 Å². The Labute approximate surface area is 222 Å². The van der Waals surface area contributed by atoms with Crippen molar-refractivity contribution in [2.24, 2.45) is 5.92 Å². The van der Waals surface area contributed by atoms with Crippen molar-refractivity contribution in [3.8, 4) is 16.4 Å². The van der Waals surface area contributed by atoms with E-state index in [1.165, 1.54) is 17.5 Å². The first-order chi connectivity index (χ1) is 18.4. The summed E-state index contributed by atoms with van der Waals surface area (Å²) in [6, 6.07) is 5.49. The van der Waals surface area contributed by atoms with E-state index in [0.717, 1.165) is 5.56 Å². The van der Waals surface area contributed by atoms with Crippen LogP contribution in [-0.2, 0) is 4.74 Å². The number of ether oxygens (including phenoxy) is 1. The minimum atomic E-state index is -1.31. The Morgan fingerprint density at radius 2 is 2.16 bits per heavy atom. The average Bonchev–Trinajstić information content (AvgIpc) is 3.36. The maximum atomic E-state index is 13.1. The lowest BCUT2D eigenvalue weighted by Crippen LogP contribution is -2.56. The maximum absolute atomic E-state index is 13.1. The first-order valence-electron chi connectivity index (χ1n) is 12.3. The molecule has 1 unspecified atom stereocenters. The van der Waals surface area contributed by atoms with Crippen LogP contribution in [0.3, 0.4) is 0 Å². The highest BCUT2D eigenvalue weighted by Gasteiger charge is 2.34. The molecule has 0 bridgehead atoms. The molecule has 0 radical (unpaired) electrons. The minimum Gasteiger partial charge on any atom is -0.477 e. The van der Waals surface area contributed by atoms with Crippen molar-refractivity contribution < 1.29 is 19.7 Å². The van der Waals surface area contributed by atoms with Crippen LogP contribution in [0.2, 0.25) is 0 Å². The maximum Gasteiger partial charge on any atom is 0.341 e. The Balaban J connectivity index is 1.49. The largest absolute Gasteiger partial charge is 0.477 e. The number of fused-ring (bicyclic) bond motifs is 1.